The van der Waals surface area contributed by atoms with Crippen molar-refractivity contribution in [3.05, 3.63) is 29.3 Å². The monoisotopic (exact) mass is 284 g/mol. The van der Waals surface area contributed by atoms with Gasteiger partial charge in [-0.25, -0.2) is 8.78 Å². The van der Waals surface area contributed by atoms with E-state index in [9.17, 15) is 13.6 Å². The number of amides is 1. The number of nitrogen functional groups attached to an aromatic ring is 1. The molecule has 0 saturated heterocycles. The molecule has 1 aromatic carbocycles. The minimum Gasteiger partial charge on any atom is -0.396 e. The van der Waals surface area contributed by atoms with E-state index in [-0.39, 0.29) is 11.7 Å². The first-order chi connectivity index (χ1) is 9.40. The van der Waals surface area contributed by atoms with Crippen molar-refractivity contribution in [3.63, 3.8) is 0 Å². The average Bonchev–Trinajstić information content (AvgIpc) is 2.39. The smallest absolute Gasteiger partial charge is 0.260 e. The first kappa shape index (κ1) is 16.4. The molecular formula is C15H22F2N2O. The lowest BCUT2D eigenvalue weighted by molar-refractivity contribution is 0.0692. The van der Waals surface area contributed by atoms with Crippen molar-refractivity contribution in [2.75, 3.05) is 12.3 Å². The maximum Gasteiger partial charge on any atom is 0.260 e. The number of nitrogens with two attached hydrogens (primary N) is 1. The molecule has 2 N–H and O–H groups in total. The Bertz CT molecular complexity index is 475. The molecule has 0 aliphatic heterocycles. The Labute approximate surface area is 118 Å². The van der Waals surface area contributed by atoms with Gasteiger partial charge in [0, 0.05) is 12.6 Å². The van der Waals surface area contributed by atoms with E-state index < -0.39 is 23.1 Å². The van der Waals surface area contributed by atoms with Crippen LogP contribution in [0.4, 0.5) is 14.5 Å². The standard InChI is InChI=1S/C15H22F2N2O/c1-4-5-6-9-19(10(2)3)15(20)13-11(16)7-8-12(18)14(13)17/h7-8,10H,4-6,9,18H2,1-3H3. The molecule has 0 bridgehead atoms. The molecule has 0 spiro atoms. The fourth-order valence-corrected chi connectivity index (χ4v) is 2.03. The van der Waals surface area contributed by atoms with Crippen molar-refractivity contribution >= 4 is 11.6 Å². The second-order valence-corrected chi connectivity index (χ2v) is 5.12. The van der Waals surface area contributed by atoms with Gasteiger partial charge in [0.2, 0.25) is 0 Å². The molecule has 3 nitrogen and oxygen atoms in total. The number of hydrogen-bond acceptors (Lipinski definition) is 2. The summed E-state index contributed by atoms with van der Waals surface area (Å²) < 4.78 is 27.7. The number of halogens is 2. The zero-order chi connectivity index (χ0) is 15.3. The SMILES string of the molecule is CCCCCN(C(=O)c1c(F)ccc(N)c1F)C(C)C. The van der Waals surface area contributed by atoms with Gasteiger partial charge < -0.3 is 10.6 Å². The Morgan fingerprint density at radius 1 is 1.30 bits per heavy atom. The number of nitrogens with zero attached hydrogens (tertiary/aromatic N) is 1. The van der Waals surface area contributed by atoms with Crippen LogP contribution in [0, 0.1) is 11.6 Å². The van der Waals surface area contributed by atoms with Crippen LogP contribution in [0.15, 0.2) is 12.1 Å². The molecule has 0 heterocycles. The zero-order valence-electron chi connectivity index (χ0n) is 12.2. The third-order valence-corrected chi connectivity index (χ3v) is 3.22. The molecule has 0 aliphatic carbocycles. The maximum absolute atomic E-state index is 13.9. The van der Waals surface area contributed by atoms with Gasteiger partial charge in [-0.1, -0.05) is 19.8 Å². The van der Waals surface area contributed by atoms with Gasteiger partial charge >= 0.3 is 0 Å². The van der Waals surface area contributed by atoms with Gasteiger partial charge in [0.05, 0.1) is 5.69 Å². The van der Waals surface area contributed by atoms with Crippen LogP contribution in [0.25, 0.3) is 0 Å². The molecule has 5 heteroatoms. The van der Waals surface area contributed by atoms with Crippen LogP contribution in [0.2, 0.25) is 0 Å². The van der Waals surface area contributed by atoms with Crippen molar-refractivity contribution in [2.24, 2.45) is 0 Å². The summed E-state index contributed by atoms with van der Waals surface area (Å²) in [6.45, 7) is 6.19. The second-order valence-electron chi connectivity index (χ2n) is 5.12. The Hall–Kier alpha value is -1.65. The molecule has 0 aromatic heterocycles. The van der Waals surface area contributed by atoms with Crippen LogP contribution >= 0.6 is 0 Å². The highest BCUT2D eigenvalue weighted by Gasteiger charge is 2.25. The highest BCUT2D eigenvalue weighted by atomic mass is 19.1. The van der Waals surface area contributed by atoms with E-state index >= 15 is 0 Å². The number of rotatable bonds is 6. The van der Waals surface area contributed by atoms with Gasteiger partial charge in [-0.15, -0.1) is 0 Å². The van der Waals surface area contributed by atoms with Crippen LogP contribution in [0.1, 0.15) is 50.4 Å². The molecule has 0 fully saturated rings. The lowest BCUT2D eigenvalue weighted by Crippen LogP contribution is -2.38. The summed E-state index contributed by atoms with van der Waals surface area (Å²) in [5.41, 5.74) is 4.64. The molecule has 0 radical (unpaired) electrons. The lowest BCUT2D eigenvalue weighted by Gasteiger charge is -2.27. The Morgan fingerprint density at radius 3 is 2.50 bits per heavy atom. The van der Waals surface area contributed by atoms with E-state index in [2.05, 4.69) is 6.92 Å². The minimum absolute atomic E-state index is 0.125. The third-order valence-electron chi connectivity index (χ3n) is 3.22. The largest absolute Gasteiger partial charge is 0.396 e. The zero-order valence-corrected chi connectivity index (χ0v) is 12.2. The second kappa shape index (κ2) is 7.22. The highest BCUT2D eigenvalue weighted by molar-refractivity contribution is 5.95. The average molecular weight is 284 g/mol. The normalized spacial score (nSPS) is 10.9. The summed E-state index contributed by atoms with van der Waals surface area (Å²) in [6.07, 6.45) is 2.80. The van der Waals surface area contributed by atoms with Gasteiger partial charge in [-0.2, -0.15) is 0 Å². The van der Waals surface area contributed by atoms with E-state index in [1.807, 2.05) is 13.8 Å². The van der Waals surface area contributed by atoms with Crippen molar-refractivity contribution in [1.29, 1.82) is 0 Å². The number of unbranched alkanes of at least 4 members (excludes halogenated alkanes) is 2. The lowest BCUT2D eigenvalue weighted by atomic mass is 10.1. The van der Waals surface area contributed by atoms with E-state index in [0.717, 1.165) is 31.4 Å². The fourth-order valence-electron chi connectivity index (χ4n) is 2.03. The van der Waals surface area contributed by atoms with Crippen LogP contribution in [-0.2, 0) is 0 Å². The first-order valence-electron chi connectivity index (χ1n) is 6.94. The molecule has 0 unspecified atom stereocenters. The van der Waals surface area contributed by atoms with Crippen molar-refractivity contribution in [2.45, 2.75) is 46.1 Å². The summed E-state index contributed by atoms with van der Waals surface area (Å²) in [7, 11) is 0. The number of hydrogen-bond donors (Lipinski definition) is 1. The number of carbonyl (C=O) groups is 1. The number of anilines is 1. The summed E-state index contributed by atoms with van der Waals surface area (Å²) in [5.74, 6) is -2.49. The Balaban J connectivity index is 3.04. The predicted molar refractivity (Wildman–Crippen MR) is 76.5 cm³/mol. The van der Waals surface area contributed by atoms with Crippen LogP contribution in [0.3, 0.4) is 0 Å². The maximum atomic E-state index is 13.9. The number of carbonyl (C=O) groups excluding carboxylic acids is 1. The third kappa shape index (κ3) is 3.68. The summed E-state index contributed by atoms with van der Waals surface area (Å²) in [6, 6.07) is 2.02. The van der Waals surface area contributed by atoms with Crippen molar-refractivity contribution in [3.8, 4) is 0 Å². The van der Waals surface area contributed by atoms with Gasteiger partial charge in [-0.3, -0.25) is 4.79 Å². The van der Waals surface area contributed by atoms with E-state index in [0.29, 0.717) is 6.54 Å². The van der Waals surface area contributed by atoms with Crippen LogP contribution < -0.4 is 5.73 Å². The van der Waals surface area contributed by atoms with Gasteiger partial charge in [0.15, 0.2) is 5.82 Å². The highest BCUT2D eigenvalue weighted by Crippen LogP contribution is 2.21. The van der Waals surface area contributed by atoms with Gasteiger partial charge in [-0.05, 0) is 32.4 Å². The summed E-state index contributed by atoms with van der Waals surface area (Å²) in [4.78, 5) is 13.8. The molecule has 112 valence electrons. The number of benzene rings is 1. The first-order valence-corrected chi connectivity index (χ1v) is 6.94. The molecule has 0 atom stereocenters. The van der Waals surface area contributed by atoms with Crippen molar-refractivity contribution < 1.29 is 13.6 Å². The van der Waals surface area contributed by atoms with E-state index in [4.69, 9.17) is 5.73 Å². The predicted octanol–water partition coefficient (Wildman–Crippen LogP) is 3.59. The Morgan fingerprint density at radius 2 is 1.95 bits per heavy atom. The topological polar surface area (TPSA) is 46.3 Å². The molecule has 0 aliphatic rings. The van der Waals surface area contributed by atoms with Crippen molar-refractivity contribution in [1.82, 2.24) is 4.90 Å². The van der Waals surface area contributed by atoms with E-state index in [1.54, 1.807) is 0 Å². The summed E-state index contributed by atoms with van der Waals surface area (Å²) >= 11 is 0. The molecule has 0 saturated carbocycles. The molecule has 20 heavy (non-hydrogen) atoms. The summed E-state index contributed by atoms with van der Waals surface area (Å²) in [5, 5.41) is 0. The van der Waals surface area contributed by atoms with Gasteiger partial charge in [0.25, 0.3) is 5.91 Å². The van der Waals surface area contributed by atoms with Crippen LogP contribution in [-0.4, -0.2) is 23.4 Å². The quantitative estimate of drug-likeness (QED) is 0.641. The Kier molecular flexibility index (Phi) is 5.92. The molecule has 1 aromatic rings. The minimum atomic E-state index is -0.976. The molecular weight excluding hydrogens is 262 g/mol. The van der Waals surface area contributed by atoms with Gasteiger partial charge in [0.1, 0.15) is 11.4 Å². The molecule has 1 rings (SSSR count). The fraction of sp³-hybridized carbons (Fsp3) is 0.533. The molecule has 1 amide bonds. The van der Waals surface area contributed by atoms with Crippen LogP contribution in [0.5, 0.6) is 0 Å². The van der Waals surface area contributed by atoms with E-state index in [1.165, 1.54) is 4.90 Å².